The molecule has 0 heterocycles. The summed E-state index contributed by atoms with van der Waals surface area (Å²) in [6, 6.07) is 12.2. The normalized spacial score (nSPS) is 12.5. The number of carboxylic acids is 1. The fraction of sp³-hybridized carbons (Fsp3) is 0.286. The molecule has 0 unspecified atom stereocenters. The van der Waals surface area contributed by atoms with Gasteiger partial charge < -0.3 is 10.4 Å². The van der Waals surface area contributed by atoms with Crippen molar-refractivity contribution in [3.8, 4) is 0 Å². The highest BCUT2D eigenvalue weighted by Gasteiger charge is 2.15. The molecule has 1 aliphatic rings. The summed E-state index contributed by atoms with van der Waals surface area (Å²) in [6.07, 6.45) is 3.58. The molecule has 5 nitrogen and oxygen atoms in total. The van der Waals surface area contributed by atoms with E-state index in [0.29, 0.717) is 12.1 Å². The first kappa shape index (κ1) is 17.9. The summed E-state index contributed by atoms with van der Waals surface area (Å²) in [5.74, 6) is -1.19. The van der Waals surface area contributed by atoms with Gasteiger partial charge in [0.1, 0.15) is 0 Å². The first-order valence-electron chi connectivity index (χ1n) is 8.77. The lowest BCUT2D eigenvalue weighted by Crippen LogP contribution is -2.23. The van der Waals surface area contributed by atoms with Crippen molar-refractivity contribution >= 4 is 17.7 Å². The number of nitrogens with one attached hydrogen (secondary N) is 1. The Labute approximate surface area is 152 Å². The topological polar surface area (TPSA) is 83.5 Å². The van der Waals surface area contributed by atoms with Crippen molar-refractivity contribution in [1.82, 2.24) is 5.32 Å². The SMILES string of the molecule is O=C(CCC(=O)c1ccc2c(c1)CCC2)NCc1ccc(C(=O)O)cc1. The summed E-state index contributed by atoms with van der Waals surface area (Å²) < 4.78 is 0. The van der Waals surface area contributed by atoms with E-state index in [1.807, 2.05) is 18.2 Å². The second kappa shape index (κ2) is 7.95. The highest BCUT2D eigenvalue weighted by Crippen LogP contribution is 2.23. The highest BCUT2D eigenvalue weighted by atomic mass is 16.4. The second-order valence-electron chi connectivity index (χ2n) is 6.54. The number of fused-ring (bicyclic) bond motifs is 1. The fourth-order valence-electron chi connectivity index (χ4n) is 3.17. The van der Waals surface area contributed by atoms with Crippen LogP contribution in [0.2, 0.25) is 0 Å². The van der Waals surface area contributed by atoms with E-state index in [1.165, 1.54) is 23.3 Å². The van der Waals surface area contributed by atoms with Gasteiger partial charge >= 0.3 is 5.97 Å². The predicted molar refractivity (Wildman–Crippen MR) is 97.3 cm³/mol. The van der Waals surface area contributed by atoms with Crippen molar-refractivity contribution in [3.05, 3.63) is 70.3 Å². The van der Waals surface area contributed by atoms with E-state index in [2.05, 4.69) is 5.32 Å². The van der Waals surface area contributed by atoms with Gasteiger partial charge in [0.15, 0.2) is 5.78 Å². The number of rotatable bonds is 7. The third-order valence-electron chi connectivity index (χ3n) is 4.69. The smallest absolute Gasteiger partial charge is 0.335 e. The molecule has 2 aromatic carbocycles. The number of hydrogen-bond acceptors (Lipinski definition) is 3. The van der Waals surface area contributed by atoms with Gasteiger partial charge in [0.2, 0.25) is 5.91 Å². The van der Waals surface area contributed by atoms with Crippen molar-refractivity contribution in [2.24, 2.45) is 0 Å². The summed E-state index contributed by atoms with van der Waals surface area (Å²) in [5.41, 5.74) is 4.29. The molecule has 5 heteroatoms. The molecule has 0 bridgehead atoms. The molecule has 2 aromatic rings. The van der Waals surface area contributed by atoms with Gasteiger partial charge in [0, 0.05) is 24.9 Å². The van der Waals surface area contributed by atoms with Crippen molar-refractivity contribution in [2.75, 3.05) is 0 Å². The van der Waals surface area contributed by atoms with Gasteiger partial charge in [-0.2, -0.15) is 0 Å². The van der Waals surface area contributed by atoms with Crippen molar-refractivity contribution in [2.45, 2.75) is 38.6 Å². The summed E-state index contributed by atoms with van der Waals surface area (Å²) >= 11 is 0. The lowest BCUT2D eigenvalue weighted by molar-refractivity contribution is -0.121. The average molecular weight is 351 g/mol. The summed E-state index contributed by atoms with van der Waals surface area (Å²) in [6.45, 7) is 0.311. The number of Topliss-reactive ketones (excluding diaryl/α,β-unsaturated/α-hetero) is 1. The second-order valence-corrected chi connectivity index (χ2v) is 6.54. The van der Waals surface area contributed by atoms with E-state index in [0.717, 1.165) is 24.8 Å². The first-order chi connectivity index (χ1) is 12.5. The lowest BCUT2D eigenvalue weighted by atomic mass is 10.0. The molecule has 3 rings (SSSR count). The van der Waals surface area contributed by atoms with E-state index < -0.39 is 5.97 Å². The van der Waals surface area contributed by atoms with Crippen molar-refractivity contribution in [3.63, 3.8) is 0 Å². The monoisotopic (exact) mass is 351 g/mol. The molecule has 0 radical (unpaired) electrons. The third-order valence-corrected chi connectivity index (χ3v) is 4.69. The number of carboxylic acid groups (broad SMARTS) is 1. The number of amides is 1. The van der Waals surface area contributed by atoms with Gasteiger partial charge in [-0.15, -0.1) is 0 Å². The summed E-state index contributed by atoms with van der Waals surface area (Å²) in [4.78, 5) is 35.1. The lowest BCUT2D eigenvalue weighted by Gasteiger charge is -2.07. The van der Waals surface area contributed by atoms with Gasteiger partial charge in [-0.1, -0.05) is 24.3 Å². The Morgan fingerprint density at radius 3 is 2.31 bits per heavy atom. The van der Waals surface area contributed by atoms with Crippen LogP contribution < -0.4 is 5.32 Å². The molecule has 0 aliphatic heterocycles. The number of carbonyl (C=O) groups excluding carboxylic acids is 2. The fourth-order valence-corrected chi connectivity index (χ4v) is 3.17. The van der Waals surface area contributed by atoms with E-state index in [9.17, 15) is 14.4 Å². The number of ketones is 1. The Bertz CT molecular complexity index is 840. The third kappa shape index (κ3) is 4.36. The van der Waals surface area contributed by atoms with Gasteiger partial charge in [0.05, 0.1) is 5.56 Å². The Morgan fingerprint density at radius 1 is 0.885 bits per heavy atom. The minimum atomic E-state index is -0.981. The number of aromatic carboxylic acids is 1. The zero-order valence-corrected chi connectivity index (χ0v) is 14.5. The van der Waals surface area contributed by atoms with Crippen LogP contribution in [0.3, 0.4) is 0 Å². The molecule has 2 N–H and O–H groups in total. The number of hydrogen-bond donors (Lipinski definition) is 2. The maximum atomic E-state index is 12.3. The maximum absolute atomic E-state index is 12.3. The quantitative estimate of drug-likeness (QED) is 0.751. The molecule has 0 fully saturated rings. The largest absolute Gasteiger partial charge is 0.478 e. The van der Waals surface area contributed by atoms with Gasteiger partial charge in [-0.3, -0.25) is 9.59 Å². The van der Waals surface area contributed by atoms with E-state index >= 15 is 0 Å². The first-order valence-corrected chi connectivity index (χ1v) is 8.77. The van der Waals surface area contributed by atoms with Gasteiger partial charge in [0.25, 0.3) is 0 Å². The van der Waals surface area contributed by atoms with Crippen LogP contribution in [-0.2, 0) is 24.2 Å². The molecule has 0 aromatic heterocycles. The standard InChI is InChI=1S/C21H21NO4/c23-19(18-9-8-15-2-1-3-17(15)12-18)10-11-20(24)22-13-14-4-6-16(7-5-14)21(25)26/h4-9,12H,1-3,10-11,13H2,(H,22,24)(H,25,26). The highest BCUT2D eigenvalue weighted by molar-refractivity contribution is 5.98. The van der Waals surface area contributed by atoms with E-state index in [4.69, 9.17) is 5.11 Å². The molecule has 134 valence electrons. The van der Waals surface area contributed by atoms with Crippen LogP contribution in [0.25, 0.3) is 0 Å². The minimum Gasteiger partial charge on any atom is -0.478 e. The number of aryl methyl sites for hydroxylation is 2. The van der Waals surface area contributed by atoms with Gasteiger partial charge in [-0.05, 0) is 54.2 Å². The summed E-state index contributed by atoms with van der Waals surface area (Å²) in [7, 11) is 0. The predicted octanol–water partition coefficient (Wildman–Crippen LogP) is 3.15. The Kier molecular flexibility index (Phi) is 5.46. The van der Waals surface area contributed by atoms with Gasteiger partial charge in [-0.25, -0.2) is 4.79 Å². The Morgan fingerprint density at radius 2 is 1.58 bits per heavy atom. The molecule has 26 heavy (non-hydrogen) atoms. The van der Waals surface area contributed by atoms with Crippen LogP contribution >= 0.6 is 0 Å². The summed E-state index contributed by atoms with van der Waals surface area (Å²) in [5, 5.41) is 11.6. The minimum absolute atomic E-state index is 0.0133. The van der Waals surface area contributed by atoms with Crippen LogP contribution in [0.1, 0.15) is 56.7 Å². The Balaban J connectivity index is 1.46. The molecule has 0 spiro atoms. The molecular weight excluding hydrogens is 330 g/mol. The van der Waals surface area contributed by atoms with Crippen LogP contribution in [-0.4, -0.2) is 22.8 Å². The van der Waals surface area contributed by atoms with Crippen molar-refractivity contribution in [1.29, 1.82) is 0 Å². The molecule has 0 atom stereocenters. The van der Waals surface area contributed by atoms with Crippen molar-refractivity contribution < 1.29 is 19.5 Å². The molecule has 1 aliphatic carbocycles. The van der Waals surface area contributed by atoms with E-state index in [1.54, 1.807) is 12.1 Å². The molecule has 1 amide bonds. The number of benzene rings is 2. The molecule has 0 saturated heterocycles. The zero-order chi connectivity index (χ0) is 18.5. The molecule has 0 saturated carbocycles. The Hall–Kier alpha value is -2.95. The zero-order valence-electron chi connectivity index (χ0n) is 14.5. The van der Waals surface area contributed by atoms with E-state index in [-0.39, 0.29) is 30.1 Å². The van der Waals surface area contributed by atoms with Crippen LogP contribution in [0.15, 0.2) is 42.5 Å². The van der Waals surface area contributed by atoms with Crippen LogP contribution in [0, 0.1) is 0 Å². The van der Waals surface area contributed by atoms with Crippen LogP contribution in [0.5, 0.6) is 0 Å². The molecular formula is C21H21NO4. The maximum Gasteiger partial charge on any atom is 0.335 e. The number of carbonyl (C=O) groups is 3. The van der Waals surface area contributed by atoms with Crippen LogP contribution in [0.4, 0.5) is 0 Å². The average Bonchev–Trinajstić information content (AvgIpc) is 3.12.